The Bertz CT molecular complexity index is 1170. The Morgan fingerprint density at radius 3 is 1.21 bits per heavy atom. The third-order valence-corrected chi connectivity index (χ3v) is 12.9. The Labute approximate surface area is 198 Å². The van der Waals surface area contributed by atoms with Crippen molar-refractivity contribution in [1.29, 1.82) is 0 Å². The van der Waals surface area contributed by atoms with Gasteiger partial charge >= 0.3 is 0 Å². The lowest BCUT2D eigenvalue weighted by atomic mass is 10.1. The first-order valence-corrected chi connectivity index (χ1v) is 14.4. The SMILES string of the molecule is C1=C(Cc2ccccc2)S(Cc2ccccc2)(Cc2ccccc2)(Cc2ccccc2)=CC1. The highest BCUT2D eigenvalue weighted by atomic mass is 32.3. The van der Waals surface area contributed by atoms with E-state index in [1.807, 2.05) is 0 Å². The normalized spacial score (nSPS) is 17.3. The minimum absolute atomic E-state index is 1.03. The Balaban J connectivity index is 1.70. The first-order valence-electron chi connectivity index (χ1n) is 11.8. The van der Waals surface area contributed by atoms with Crippen molar-refractivity contribution in [2.75, 3.05) is 0 Å². The third-order valence-electron chi connectivity index (χ3n) is 6.91. The molecule has 0 fully saturated rings. The number of hydrogen-bond acceptors (Lipinski definition) is 0. The van der Waals surface area contributed by atoms with Crippen LogP contribution in [-0.2, 0) is 23.7 Å². The predicted octanol–water partition coefficient (Wildman–Crippen LogP) is 8.26. The molecule has 1 heteroatoms. The van der Waals surface area contributed by atoms with Crippen LogP contribution >= 0.6 is 8.75 Å². The van der Waals surface area contributed by atoms with E-state index in [1.165, 1.54) is 22.3 Å². The van der Waals surface area contributed by atoms with Crippen LogP contribution in [0.2, 0.25) is 0 Å². The summed E-state index contributed by atoms with van der Waals surface area (Å²) in [6.07, 6.45) is 4.66. The van der Waals surface area contributed by atoms with Crippen molar-refractivity contribution < 1.29 is 0 Å². The van der Waals surface area contributed by atoms with E-state index < -0.39 is 8.75 Å². The Morgan fingerprint density at radius 1 is 0.455 bits per heavy atom. The number of hydrogen-bond donors (Lipinski definition) is 0. The van der Waals surface area contributed by atoms with E-state index in [9.17, 15) is 0 Å². The van der Waals surface area contributed by atoms with Crippen LogP contribution in [-0.4, -0.2) is 5.37 Å². The molecule has 0 atom stereocenters. The fourth-order valence-corrected chi connectivity index (χ4v) is 11.6. The summed E-state index contributed by atoms with van der Waals surface area (Å²) in [7, 11) is -2.15. The van der Waals surface area contributed by atoms with E-state index in [4.69, 9.17) is 0 Å². The van der Waals surface area contributed by atoms with E-state index in [-0.39, 0.29) is 0 Å². The van der Waals surface area contributed by atoms with E-state index in [0.29, 0.717) is 0 Å². The molecule has 4 aromatic carbocycles. The van der Waals surface area contributed by atoms with Gasteiger partial charge in [0, 0.05) is 23.7 Å². The van der Waals surface area contributed by atoms with Crippen molar-refractivity contribution in [1.82, 2.24) is 0 Å². The summed E-state index contributed by atoms with van der Waals surface area (Å²) in [5, 5.41) is 2.75. The third kappa shape index (κ3) is 4.65. The zero-order valence-corrected chi connectivity index (χ0v) is 20.0. The molecule has 0 unspecified atom stereocenters. The molecule has 0 bridgehead atoms. The number of benzene rings is 4. The quantitative estimate of drug-likeness (QED) is 0.238. The van der Waals surface area contributed by atoms with Crippen molar-refractivity contribution in [3.05, 3.63) is 155 Å². The van der Waals surface area contributed by atoms with Gasteiger partial charge in [-0.3, -0.25) is 0 Å². The summed E-state index contributed by atoms with van der Waals surface area (Å²) in [4.78, 5) is 1.66. The molecule has 0 radical (unpaired) electrons. The molecule has 0 nitrogen and oxygen atoms in total. The van der Waals surface area contributed by atoms with Crippen LogP contribution in [0.25, 0.3) is 0 Å². The molecule has 0 aliphatic carbocycles. The molecule has 1 heterocycles. The van der Waals surface area contributed by atoms with Gasteiger partial charge in [-0.1, -0.05) is 133 Å². The van der Waals surface area contributed by atoms with Gasteiger partial charge in [0.15, 0.2) is 0 Å². The molecule has 0 spiro atoms. The summed E-state index contributed by atoms with van der Waals surface area (Å²) in [5.41, 5.74) is 5.76. The Kier molecular flexibility index (Phi) is 6.15. The lowest BCUT2D eigenvalue weighted by Gasteiger charge is -2.51. The molecule has 166 valence electrons. The van der Waals surface area contributed by atoms with Gasteiger partial charge in [0.2, 0.25) is 0 Å². The van der Waals surface area contributed by atoms with Crippen molar-refractivity contribution in [2.24, 2.45) is 0 Å². The molecule has 0 saturated carbocycles. The lowest BCUT2D eigenvalue weighted by Crippen LogP contribution is -2.21. The molecule has 0 saturated heterocycles. The predicted molar refractivity (Wildman–Crippen MR) is 147 cm³/mol. The smallest absolute Gasteiger partial charge is 0.00332 e. The molecule has 33 heavy (non-hydrogen) atoms. The highest BCUT2D eigenvalue weighted by molar-refractivity contribution is 8.48. The molecule has 4 aromatic rings. The fraction of sp³-hybridized carbons (Fsp3) is 0.156. The zero-order valence-electron chi connectivity index (χ0n) is 19.1. The summed E-state index contributed by atoms with van der Waals surface area (Å²) >= 11 is 0. The monoisotopic (exact) mass is 448 g/mol. The Hall–Kier alpha value is -3.16. The van der Waals surface area contributed by atoms with Gasteiger partial charge in [0.05, 0.1) is 0 Å². The van der Waals surface area contributed by atoms with E-state index in [2.05, 4.69) is 133 Å². The minimum Gasteiger partial charge on any atom is -0.216 e. The molecular formula is C32H32S. The van der Waals surface area contributed by atoms with Crippen LogP contribution in [0.5, 0.6) is 0 Å². The van der Waals surface area contributed by atoms with Gasteiger partial charge in [-0.25, -0.2) is 8.75 Å². The van der Waals surface area contributed by atoms with Crippen molar-refractivity contribution in [3.8, 4) is 0 Å². The molecule has 0 aromatic heterocycles. The maximum Gasteiger partial charge on any atom is 0.00332 e. The zero-order chi connectivity index (χ0) is 22.4. The average molecular weight is 449 g/mol. The van der Waals surface area contributed by atoms with Crippen LogP contribution < -0.4 is 0 Å². The largest absolute Gasteiger partial charge is 0.216 e. The van der Waals surface area contributed by atoms with E-state index in [0.717, 1.165) is 30.1 Å². The molecule has 0 amide bonds. The van der Waals surface area contributed by atoms with E-state index >= 15 is 0 Å². The van der Waals surface area contributed by atoms with E-state index in [1.54, 1.807) is 4.91 Å². The first-order chi connectivity index (χ1) is 16.2. The molecule has 0 N–H and O–H groups in total. The van der Waals surface area contributed by atoms with Crippen molar-refractivity contribution >= 4 is 14.1 Å². The van der Waals surface area contributed by atoms with Gasteiger partial charge < -0.3 is 0 Å². The highest BCUT2D eigenvalue weighted by Crippen LogP contribution is 2.74. The number of rotatable bonds is 8. The Morgan fingerprint density at radius 2 is 0.818 bits per heavy atom. The molecular weight excluding hydrogens is 416 g/mol. The second-order valence-electron chi connectivity index (χ2n) is 9.29. The summed E-state index contributed by atoms with van der Waals surface area (Å²) in [6.45, 7) is 0. The number of allylic oxidation sites excluding steroid dienone is 2. The van der Waals surface area contributed by atoms with Crippen LogP contribution in [0.15, 0.2) is 132 Å². The van der Waals surface area contributed by atoms with Crippen LogP contribution in [0, 0.1) is 0 Å². The van der Waals surface area contributed by atoms with Gasteiger partial charge in [-0.2, -0.15) is 0 Å². The van der Waals surface area contributed by atoms with Gasteiger partial charge in [0.1, 0.15) is 0 Å². The van der Waals surface area contributed by atoms with Gasteiger partial charge in [0.25, 0.3) is 0 Å². The maximum atomic E-state index is 2.75. The highest BCUT2D eigenvalue weighted by Gasteiger charge is 2.39. The first kappa shape index (κ1) is 21.7. The van der Waals surface area contributed by atoms with Crippen molar-refractivity contribution in [2.45, 2.75) is 30.1 Å². The standard InChI is InChI=1S/C32H32S/c1-5-14-28(15-6-1)24-32-22-13-23-33(32,25-29-16-7-2-8-17-29,26-30-18-9-3-10-19-30)27-31-20-11-4-12-21-31/h1-12,14-23H,13,24-27H2. The molecule has 5 rings (SSSR count). The fourth-order valence-electron chi connectivity index (χ4n) is 5.40. The summed E-state index contributed by atoms with van der Waals surface area (Å²) in [6, 6.07) is 44.6. The van der Waals surface area contributed by atoms with Crippen molar-refractivity contribution in [3.63, 3.8) is 0 Å². The van der Waals surface area contributed by atoms with Crippen LogP contribution in [0.1, 0.15) is 28.7 Å². The maximum absolute atomic E-state index is 2.75. The van der Waals surface area contributed by atoms with Gasteiger partial charge in [-0.15, -0.1) is 0 Å². The van der Waals surface area contributed by atoms with Crippen LogP contribution in [0.4, 0.5) is 0 Å². The average Bonchev–Trinajstić information content (AvgIpc) is 3.18. The molecule has 1 aliphatic rings. The summed E-state index contributed by atoms with van der Waals surface area (Å²) < 4.78 is 0. The lowest BCUT2D eigenvalue weighted by molar-refractivity contribution is 1.18. The summed E-state index contributed by atoms with van der Waals surface area (Å²) in [5.74, 6) is 3.33. The topological polar surface area (TPSA) is 0 Å². The second kappa shape index (κ2) is 9.37. The minimum atomic E-state index is -2.15. The molecule has 1 aliphatic heterocycles. The second-order valence-corrected chi connectivity index (χ2v) is 14.3. The van der Waals surface area contributed by atoms with Crippen LogP contribution in [0.3, 0.4) is 0 Å². The van der Waals surface area contributed by atoms with Gasteiger partial charge in [-0.05, 0) is 33.6 Å².